The van der Waals surface area contributed by atoms with Crippen molar-refractivity contribution in [3.8, 4) is 0 Å². The summed E-state index contributed by atoms with van der Waals surface area (Å²) in [5, 5.41) is 0. The molecule has 0 radical (unpaired) electrons. The van der Waals surface area contributed by atoms with E-state index >= 15 is 0 Å². The molecule has 0 unspecified atom stereocenters. The molecule has 0 spiro atoms. The molecule has 2 aliphatic heterocycles. The molecule has 0 saturated carbocycles. The van der Waals surface area contributed by atoms with Gasteiger partial charge in [-0.3, -0.25) is 9.80 Å². The van der Waals surface area contributed by atoms with Gasteiger partial charge in [-0.2, -0.15) is 0 Å². The van der Waals surface area contributed by atoms with E-state index in [1.807, 2.05) is 12.1 Å². The van der Waals surface area contributed by atoms with E-state index in [1.165, 1.54) is 11.1 Å². The Morgan fingerprint density at radius 1 is 0.615 bits per heavy atom. The SMILES string of the molecule is C[C@@H]1[C@@H](c2ccccc2)O[C@@H]2[C@@H](O[C@H](c3ccccc3)[C@@H](C)N2C)N1C. The molecule has 2 aromatic carbocycles. The molecule has 0 N–H and O–H groups in total. The van der Waals surface area contributed by atoms with Crippen molar-refractivity contribution < 1.29 is 9.47 Å². The molecule has 4 heteroatoms. The number of benzene rings is 2. The quantitative estimate of drug-likeness (QED) is 0.820. The zero-order valence-corrected chi connectivity index (χ0v) is 15.9. The Morgan fingerprint density at radius 3 is 1.31 bits per heavy atom. The molecular weight excluding hydrogens is 324 g/mol. The number of morpholine rings is 2. The predicted molar refractivity (Wildman–Crippen MR) is 103 cm³/mol. The summed E-state index contributed by atoms with van der Waals surface area (Å²) in [4.78, 5) is 4.65. The van der Waals surface area contributed by atoms with Crippen molar-refractivity contribution in [1.82, 2.24) is 9.80 Å². The normalized spacial score (nSPS) is 35.8. The molecule has 0 amide bonds. The van der Waals surface area contributed by atoms with Crippen molar-refractivity contribution in [2.75, 3.05) is 14.1 Å². The summed E-state index contributed by atoms with van der Waals surface area (Å²) in [6, 6.07) is 21.5. The maximum atomic E-state index is 6.59. The highest BCUT2D eigenvalue weighted by atomic mass is 16.6. The molecule has 0 aromatic heterocycles. The average Bonchev–Trinajstić information content (AvgIpc) is 2.69. The van der Waals surface area contributed by atoms with Crippen LogP contribution in [0, 0.1) is 0 Å². The Kier molecular flexibility index (Phi) is 4.84. The highest BCUT2D eigenvalue weighted by Crippen LogP contribution is 2.41. The number of hydrogen-bond donors (Lipinski definition) is 0. The fourth-order valence-corrected chi connectivity index (χ4v) is 4.15. The lowest BCUT2D eigenvalue weighted by Gasteiger charge is -2.55. The Morgan fingerprint density at radius 2 is 0.962 bits per heavy atom. The molecule has 138 valence electrons. The van der Waals surface area contributed by atoms with Crippen molar-refractivity contribution in [3.05, 3.63) is 71.8 Å². The molecular formula is C22H28N2O2. The molecule has 0 aliphatic carbocycles. The summed E-state index contributed by atoms with van der Waals surface area (Å²) in [5.74, 6) is 0. The number of hydrogen-bond acceptors (Lipinski definition) is 4. The van der Waals surface area contributed by atoms with Crippen molar-refractivity contribution in [2.45, 2.75) is 50.6 Å². The molecule has 2 aromatic rings. The van der Waals surface area contributed by atoms with Crippen LogP contribution in [-0.4, -0.2) is 48.4 Å². The maximum Gasteiger partial charge on any atom is 0.151 e. The second-order valence-electron chi connectivity index (χ2n) is 7.53. The minimum atomic E-state index is -0.0867. The van der Waals surface area contributed by atoms with Crippen LogP contribution in [0.5, 0.6) is 0 Å². The van der Waals surface area contributed by atoms with Crippen LogP contribution in [0.3, 0.4) is 0 Å². The highest BCUT2D eigenvalue weighted by molar-refractivity contribution is 5.22. The monoisotopic (exact) mass is 352 g/mol. The van der Waals surface area contributed by atoms with E-state index in [1.54, 1.807) is 0 Å². The number of likely N-dealkylation sites (N-methyl/N-ethyl adjacent to an activating group) is 2. The van der Waals surface area contributed by atoms with E-state index in [0.717, 1.165) is 0 Å². The van der Waals surface area contributed by atoms with Gasteiger partial charge >= 0.3 is 0 Å². The molecule has 2 aliphatic rings. The summed E-state index contributed by atoms with van der Waals surface area (Å²) < 4.78 is 13.2. The lowest BCUT2D eigenvalue weighted by atomic mass is 9.96. The number of fused-ring (bicyclic) bond motifs is 1. The largest absolute Gasteiger partial charge is 0.349 e. The van der Waals surface area contributed by atoms with Gasteiger partial charge in [-0.15, -0.1) is 0 Å². The van der Waals surface area contributed by atoms with Gasteiger partial charge in [0.2, 0.25) is 0 Å². The summed E-state index contributed by atoms with van der Waals surface area (Å²) in [7, 11) is 4.29. The van der Waals surface area contributed by atoms with Crippen molar-refractivity contribution in [2.24, 2.45) is 0 Å². The standard InChI is InChI=1S/C22H28N2O2/c1-15-19(17-11-7-5-8-12-17)25-22-21(23(15)3)26-20(16(2)24(22)4)18-13-9-6-10-14-18/h5-16,19-22H,1-4H3/t15-,16-,19+,20+,21-,22-/m1/s1. The van der Waals surface area contributed by atoms with Gasteiger partial charge in [0, 0.05) is 12.1 Å². The summed E-state index contributed by atoms with van der Waals surface area (Å²) >= 11 is 0. The fourth-order valence-electron chi connectivity index (χ4n) is 4.15. The molecule has 2 heterocycles. The Labute approximate surface area is 156 Å². The third kappa shape index (κ3) is 2.97. The van der Waals surface area contributed by atoms with E-state index in [-0.39, 0.29) is 36.7 Å². The average molecular weight is 352 g/mol. The van der Waals surface area contributed by atoms with E-state index in [0.29, 0.717) is 0 Å². The van der Waals surface area contributed by atoms with Crippen molar-refractivity contribution >= 4 is 0 Å². The van der Waals surface area contributed by atoms with Crippen molar-refractivity contribution in [1.29, 1.82) is 0 Å². The first-order valence-corrected chi connectivity index (χ1v) is 9.42. The molecule has 4 nitrogen and oxygen atoms in total. The second-order valence-corrected chi connectivity index (χ2v) is 7.53. The van der Waals surface area contributed by atoms with Crippen LogP contribution >= 0.6 is 0 Å². The Balaban J connectivity index is 1.62. The van der Waals surface area contributed by atoms with Gasteiger partial charge in [0.1, 0.15) is 12.2 Å². The van der Waals surface area contributed by atoms with Gasteiger partial charge in [-0.05, 0) is 39.1 Å². The predicted octanol–water partition coefficient (Wildman–Crippen LogP) is 3.82. The molecule has 0 bridgehead atoms. The lowest BCUT2D eigenvalue weighted by Crippen LogP contribution is -2.66. The summed E-state index contributed by atoms with van der Waals surface area (Å²) in [5.41, 5.74) is 2.44. The first-order valence-electron chi connectivity index (χ1n) is 9.42. The topological polar surface area (TPSA) is 24.9 Å². The third-order valence-corrected chi connectivity index (χ3v) is 6.04. The molecule has 4 rings (SSSR count). The van der Waals surface area contributed by atoms with Gasteiger partial charge in [-0.1, -0.05) is 60.7 Å². The first kappa shape index (κ1) is 17.7. The highest BCUT2D eigenvalue weighted by Gasteiger charge is 2.49. The minimum Gasteiger partial charge on any atom is -0.349 e. The summed E-state index contributed by atoms with van der Waals surface area (Å²) in [6.07, 6.45) is -0.101. The van der Waals surface area contributed by atoms with Crippen molar-refractivity contribution in [3.63, 3.8) is 0 Å². The van der Waals surface area contributed by atoms with E-state index in [4.69, 9.17) is 9.47 Å². The zero-order chi connectivity index (χ0) is 18.3. The molecule has 26 heavy (non-hydrogen) atoms. The molecule has 6 atom stereocenters. The fraction of sp³-hybridized carbons (Fsp3) is 0.455. The lowest BCUT2D eigenvalue weighted by molar-refractivity contribution is -0.317. The van der Waals surface area contributed by atoms with Crippen LogP contribution in [-0.2, 0) is 9.47 Å². The van der Waals surface area contributed by atoms with Crippen LogP contribution in [0.2, 0.25) is 0 Å². The van der Waals surface area contributed by atoms with Gasteiger partial charge in [-0.25, -0.2) is 0 Å². The third-order valence-electron chi connectivity index (χ3n) is 6.04. The van der Waals surface area contributed by atoms with E-state index in [2.05, 4.69) is 86.3 Å². The van der Waals surface area contributed by atoms with Crippen LogP contribution in [0.25, 0.3) is 0 Å². The Bertz CT molecular complexity index is 660. The number of ether oxygens (including phenoxy) is 2. The van der Waals surface area contributed by atoms with Crippen LogP contribution < -0.4 is 0 Å². The van der Waals surface area contributed by atoms with Gasteiger partial charge in [0.15, 0.2) is 12.5 Å². The maximum absolute atomic E-state index is 6.59. The summed E-state index contributed by atoms with van der Waals surface area (Å²) in [6.45, 7) is 4.43. The zero-order valence-electron chi connectivity index (χ0n) is 15.9. The smallest absolute Gasteiger partial charge is 0.151 e. The Hall–Kier alpha value is -1.72. The first-order chi connectivity index (χ1) is 12.6. The molecule has 2 saturated heterocycles. The van der Waals surface area contributed by atoms with E-state index in [9.17, 15) is 0 Å². The van der Waals surface area contributed by atoms with Gasteiger partial charge in [0.25, 0.3) is 0 Å². The van der Waals surface area contributed by atoms with Crippen LogP contribution in [0.1, 0.15) is 37.2 Å². The van der Waals surface area contributed by atoms with Crippen LogP contribution in [0.15, 0.2) is 60.7 Å². The number of nitrogens with zero attached hydrogens (tertiary/aromatic N) is 2. The molecule has 2 fully saturated rings. The van der Waals surface area contributed by atoms with E-state index < -0.39 is 0 Å². The van der Waals surface area contributed by atoms with Gasteiger partial charge in [0.05, 0.1) is 0 Å². The second kappa shape index (κ2) is 7.12. The minimum absolute atomic E-state index is 0.0361. The van der Waals surface area contributed by atoms with Gasteiger partial charge < -0.3 is 9.47 Å². The van der Waals surface area contributed by atoms with Crippen LogP contribution in [0.4, 0.5) is 0 Å². The number of rotatable bonds is 2.